The Hall–Kier alpha value is -3.39. The molecule has 160 valence electrons. The van der Waals surface area contributed by atoms with E-state index in [4.69, 9.17) is 15.5 Å². The standard InChI is InChI=1S/C23H21F3N4O/c1-2-19-15-7-3-4-8-16(15)22(29-19)30-21-12-14(31-13-27)11-20(28-21)17-9-5-6-10-18(17)23(24,25)26/h3-12,19H,2,13,27H2,1H3,(H,28,29,30). The maximum absolute atomic E-state index is 13.5. The third kappa shape index (κ3) is 4.25. The van der Waals surface area contributed by atoms with E-state index in [1.165, 1.54) is 18.2 Å². The Bertz CT molecular complexity index is 1130. The summed E-state index contributed by atoms with van der Waals surface area (Å²) >= 11 is 0. The number of hydrogen-bond acceptors (Lipinski definition) is 5. The van der Waals surface area contributed by atoms with Gasteiger partial charge in [-0.05, 0) is 18.1 Å². The molecule has 31 heavy (non-hydrogen) atoms. The van der Waals surface area contributed by atoms with Crippen LogP contribution in [0.4, 0.5) is 19.0 Å². The Morgan fingerprint density at radius 2 is 1.74 bits per heavy atom. The van der Waals surface area contributed by atoms with Crippen LogP contribution in [0, 0.1) is 0 Å². The Balaban J connectivity index is 1.77. The second-order valence-corrected chi connectivity index (χ2v) is 7.04. The molecule has 1 aromatic heterocycles. The molecule has 1 aliphatic rings. The van der Waals surface area contributed by atoms with E-state index in [1.807, 2.05) is 31.2 Å². The molecular formula is C23H21F3N4O. The van der Waals surface area contributed by atoms with Crippen molar-refractivity contribution in [2.75, 3.05) is 12.0 Å². The van der Waals surface area contributed by atoms with Crippen LogP contribution in [0.1, 0.15) is 36.1 Å². The first kappa shape index (κ1) is 20.9. The highest BCUT2D eigenvalue weighted by atomic mass is 19.4. The normalized spacial score (nSPS) is 15.4. The van der Waals surface area contributed by atoms with Gasteiger partial charge in [0, 0.05) is 23.3 Å². The number of halogens is 3. The average Bonchev–Trinajstić information content (AvgIpc) is 3.11. The van der Waals surface area contributed by atoms with E-state index in [-0.39, 0.29) is 24.0 Å². The number of fused-ring (bicyclic) bond motifs is 1. The van der Waals surface area contributed by atoms with Crippen molar-refractivity contribution in [1.82, 2.24) is 4.98 Å². The smallest absolute Gasteiger partial charge is 0.417 e. The first-order chi connectivity index (χ1) is 14.9. The van der Waals surface area contributed by atoms with Crippen molar-refractivity contribution in [2.45, 2.75) is 25.6 Å². The van der Waals surface area contributed by atoms with Gasteiger partial charge in [0.1, 0.15) is 24.1 Å². The fourth-order valence-electron chi connectivity index (χ4n) is 3.67. The van der Waals surface area contributed by atoms with Crippen LogP contribution in [-0.4, -0.2) is 17.6 Å². The average molecular weight is 426 g/mol. The largest absolute Gasteiger partial charge is 0.478 e. The minimum absolute atomic E-state index is 0.0209. The summed E-state index contributed by atoms with van der Waals surface area (Å²) in [4.78, 5) is 9.16. The molecule has 1 atom stereocenters. The van der Waals surface area contributed by atoms with Gasteiger partial charge in [0.25, 0.3) is 0 Å². The molecule has 0 radical (unpaired) electrons. The van der Waals surface area contributed by atoms with Gasteiger partial charge in [0.15, 0.2) is 0 Å². The van der Waals surface area contributed by atoms with Crippen LogP contribution >= 0.6 is 0 Å². The number of aromatic nitrogens is 1. The molecule has 0 saturated heterocycles. The molecule has 8 heteroatoms. The fraction of sp³-hybridized carbons (Fsp3) is 0.217. The molecule has 1 unspecified atom stereocenters. The molecule has 4 rings (SSSR count). The minimum Gasteiger partial charge on any atom is -0.478 e. The summed E-state index contributed by atoms with van der Waals surface area (Å²) in [6.07, 6.45) is -3.68. The number of ether oxygens (including phenoxy) is 1. The lowest BCUT2D eigenvalue weighted by Crippen LogP contribution is -2.14. The van der Waals surface area contributed by atoms with E-state index in [1.54, 1.807) is 12.1 Å². The number of alkyl halides is 3. The van der Waals surface area contributed by atoms with E-state index in [0.717, 1.165) is 23.6 Å². The van der Waals surface area contributed by atoms with Crippen LogP contribution in [0.2, 0.25) is 0 Å². The third-order valence-electron chi connectivity index (χ3n) is 5.05. The van der Waals surface area contributed by atoms with Crippen molar-refractivity contribution < 1.29 is 17.9 Å². The summed E-state index contributed by atoms with van der Waals surface area (Å²) in [7, 11) is 0. The number of benzene rings is 2. The lowest BCUT2D eigenvalue weighted by atomic mass is 10.0. The zero-order valence-corrected chi connectivity index (χ0v) is 16.8. The predicted molar refractivity (Wildman–Crippen MR) is 114 cm³/mol. The van der Waals surface area contributed by atoms with Crippen molar-refractivity contribution in [1.29, 1.82) is 0 Å². The molecule has 1 aliphatic heterocycles. The van der Waals surface area contributed by atoms with Crippen LogP contribution < -0.4 is 15.8 Å². The lowest BCUT2D eigenvalue weighted by Gasteiger charge is -2.15. The first-order valence-electron chi connectivity index (χ1n) is 9.86. The van der Waals surface area contributed by atoms with Gasteiger partial charge in [-0.2, -0.15) is 13.2 Å². The molecule has 3 N–H and O–H groups in total. The summed E-state index contributed by atoms with van der Waals surface area (Å²) in [6.45, 7) is 1.93. The quantitative estimate of drug-likeness (QED) is 0.537. The van der Waals surface area contributed by atoms with Gasteiger partial charge >= 0.3 is 6.18 Å². The van der Waals surface area contributed by atoms with Gasteiger partial charge in [-0.15, -0.1) is 0 Å². The van der Waals surface area contributed by atoms with Crippen LogP contribution in [0.3, 0.4) is 0 Å². The highest BCUT2D eigenvalue weighted by Gasteiger charge is 2.34. The third-order valence-corrected chi connectivity index (χ3v) is 5.05. The molecule has 0 aliphatic carbocycles. The second-order valence-electron chi connectivity index (χ2n) is 7.04. The Labute approximate surface area is 177 Å². The highest BCUT2D eigenvalue weighted by Crippen LogP contribution is 2.38. The van der Waals surface area contributed by atoms with Crippen LogP contribution in [-0.2, 0) is 6.18 Å². The van der Waals surface area contributed by atoms with Gasteiger partial charge < -0.3 is 10.1 Å². The zero-order valence-electron chi connectivity index (χ0n) is 16.8. The summed E-state index contributed by atoms with van der Waals surface area (Å²) in [6, 6.07) is 16.2. The van der Waals surface area contributed by atoms with Crippen LogP contribution in [0.15, 0.2) is 65.7 Å². The van der Waals surface area contributed by atoms with E-state index in [0.29, 0.717) is 17.4 Å². The second kappa shape index (κ2) is 8.39. The lowest BCUT2D eigenvalue weighted by molar-refractivity contribution is -0.137. The number of anilines is 1. The molecule has 2 aromatic carbocycles. The topological polar surface area (TPSA) is 72.5 Å². The van der Waals surface area contributed by atoms with E-state index in [9.17, 15) is 13.2 Å². The number of amidine groups is 1. The first-order valence-corrected chi connectivity index (χ1v) is 9.86. The predicted octanol–water partition coefficient (Wildman–Crippen LogP) is 5.39. The number of nitrogens with one attached hydrogen (secondary N) is 1. The van der Waals surface area contributed by atoms with Gasteiger partial charge in [-0.25, -0.2) is 4.98 Å². The number of rotatable bonds is 5. The number of nitrogens with two attached hydrogens (primary N) is 1. The van der Waals surface area contributed by atoms with Crippen molar-refractivity contribution in [3.8, 4) is 17.0 Å². The molecule has 0 bridgehead atoms. The monoisotopic (exact) mass is 426 g/mol. The molecule has 0 amide bonds. The van der Waals surface area contributed by atoms with Crippen LogP contribution in [0.5, 0.6) is 5.75 Å². The number of aliphatic imine (C=N–C) groups is 1. The number of hydrogen-bond donors (Lipinski definition) is 2. The molecule has 0 saturated carbocycles. The maximum atomic E-state index is 13.5. The molecule has 0 fully saturated rings. The molecular weight excluding hydrogens is 405 g/mol. The van der Waals surface area contributed by atoms with Crippen LogP contribution in [0.25, 0.3) is 11.3 Å². The van der Waals surface area contributed by atoms with Crippen molar-refractivity contribution >= 4 is 11.7 Å². The van der Waals surface area contributed by atoms with Crippen molar-refractivity contribution in [3.05, 3.63) is 77.4 Å². The van der Waals surface area contributed by atoms with E-state index >= 15 is 0 Å². The van der Waals surface area contributed by atoms with E-state index < -0.39 is 11.7 Å². The molecule has 5 nitrogen and oxygen atoms in total. The SMILES string of the molecule is CCC1N=C(Nc2cc(OCN)cc(-c3ccccc3C(F)(F)F)n2)c2ccccc21. The molecule has 0 spiro atoms. The zero-order chi connectivity index (χ0) is 22.0. The molecule has 2 heterocycles. The maximum Gasteiger partial charge on any atom is 0.417 e. The Kier molecular flexibility index (Phi) is 5.65. The van der Waals surface area contributed by atoms with Crippen molar-refractivity contribution in [3.63, 3.8) is 0 Å². The summed E-state index contributed by atoms with van der Waals surface area (Å²) < 4.78 is 46.0. The Morgan fingerprint density at radius 1 is 1.03 bits per heavy atom. The summed E-state index contributed by atoms with van der Waals surface area (Å²) in [5.41, 5.74) is 6.85. The summed E-state index contributed by atoms with van der Waals surface area (Å²) in [5, 5.41) is 3.17. The number of pyridine rings is 1. The van der Waals surface area contributed by atoms with Crippen molar-refractivity contribution in [2.24, 2.45) is 10.7 Å². The highest BCUT2D eigenvalue weighted by molar-refractivity contribution is 6.10. The minimum atomic E-state index is -4.51. The van der Waals surface area contributed by atoms with Gasteiger partial charge in [0.2, 0.25) is 0 Å². The molecule has 3 aromatic rings. The van der Waals surface area contributed by atoms with E-state index in [2.05, 4.69) is 10.3 Å². The number of nitrogens with zero attached hydrogens (tertiary/aromatic N) is 2. The Morgan fingerprint density at radius 3 is 2.45 bits per heavy atom. The van der Waals surface area contributed by atoms with Gasteiger partial charge in [0.05, 0.1) is 17.3 Å². The van der Waals surface area contributed by atoms with Gasteiger partial charge in [-0.3, -0.25) is 10.7 Å². The fourth-order valence-corrected chi connectivity index (χ4v) is 3.67. The van der Waals surface area contributed by atoms with Gasteiger partial charge in [-0.1, -0.05) is 49.4 Å². The summed E-state index contributed by atoms with van der Waals surface area (Å²) in [5.74, 6) is 1.25.